The summed E-state index contributed by atoms with van der Waals surface area (Å²) in [5.74, 6) is -0.677. The van der Waals surface area contributed by atoms with Gasteiger partial charge in [-0.3, -0.25) is 9.59 Å². The van der Waals surface area contributed by atoms with Crippen molar-refractivity contribution in [1.29, 1.82) is 0 Å². The van der Waals surface area contributed by atoms with Gasteiger partial charge in [-0.2, -0.15) is 4.72 Å². The third kappa shape index (κ3) is 6.57. The molecule has 0 aliphatic heterocycles. The highest BCUT2D eigenvalue weighted by molar-refractivity contribution is 7.89. The van der Waals surface area contributed by atoms with Crippen LogP contribution >= 0.6 is 0 Å². The van der Waals surface area contributed by atoms with Gasteiger partial charge in [0.2, 0.25) is 21.8 Å². The molecule has 0 aromatic heterocycles. The monoisotopic (exact) mass is 433 g/mol. The summed E-state index contributed by atoms with van der Waals surface area (Å²) in [6.45, 7) is 4.92. The van der Waals surface area contributed by atoms with Gasteiger partial charge in [0.1, 0.15) is 16.7 Å². The van der Waals surface area contributed by atoms with E-state index in [1.807, 2.05) is 30.3 Å². The number of sulfonamides is 1. The van der Waals surface area contributed by atoms with Gasteiger partial charge >= 0.3 is 0 Å². The molecule has 8 nitrogen and oxygen atoms in total. The zero-order valence-corrected chi connectivity index (χ0v) is 18.2. The maximum absolute atomic E-state index is 13.2. The lowest BCUT2D eigenvalue weighted by molar-refractivity contribution is -0.123. The first-order valence-corrected chi connectivity index (χ1v) is 10.9. The van der Waals surface area contributed by atoms with Crippen LogP contribution in [0.25, 0.3) is 0 Å². The van der Waals surface area contributed by atoms with Crippen LogP contribution in [0.15, 0.2) is 53.4 Å². The maximum atomic E-state index is 13.2. The molecule has 0 saturated heterocycles. The average Bonchev–Trinajstić information content (AvgIpc) is 2.67. The normalized spacial score (nSPS) is 12.3. The van der Waals surface area contributed by atoms with Gasteiger partial charge in [-0.25, -0.2) is 8.42 Å². The molecule has 1 unspecified atom stereocenters. The Hall–Kier alpha value is -2.91. The van der Waals surface area contributed by atoms with Crippen molar-refractivity contribution in [2.45, 2.75) is 44.2 Å². The molecule has 2 aromatic rings. The number of carbonyl (C=O) groups is 2. The smallest absolute Gasteiger partial charge is 0.245 e. The van der Waals surface area contributed by atoms with E-state index in [2.05, 4.69) is 15.4 Å². The van der Waals surface area contributed by atoms with Gasteiger partial charge in [-0.1, -0.05) is 30.3 Å². The molecule has 0 bridgehead atoms. The van der Waals surface area contributed by atoms with Crippen molar-refractivity contribution < 1.29 is 22.7 Å². The van der Waals surface area contributed by atoms with E-state index in [-0.39, 0.29) is 29.0 Å². The Kier molecular flexibility index (Phi) is 7.96. The number of hydrogen-bond donors (Lipinski definition) is 3. The Bertz CT molecular complexity index is 991. The Labute approximate surface area is 177 Å². The first kappa shape index (κ1) is 23.4. The zero-order chi connectivity index (χ0) is 22.3. The molecule has 0 radical (unpaired) electrons. The second-order valence-electron chi connectivity index (χ2n) is 7.07. The second-order valence-corrected chi connectivity index (χ2v) is 8.76. The SMILES string of the molecule is COc1ccc(NC(C)=O)cc1S(=O)(=O)NC(Cc1ccccc1)C(=O)NC(C)C. The summed E-state index contributed by atoms with van der Waals surface area (Å²) in [6, 6.07) is 12.2. The quantitative estimate of drug-likeness (QED) is 0.560. The largest absolute Gasteiger partial charge is 0.495 e. The summed E-state index contributed by atoms with van der Waals surface area (Å²) in [5, 5.41) is 5.29. The Morgan fingerprint density at radius 1 is 1.07 bits per heavy atom. The molecule has 0 fully saturated rings. The Balaban J connectivity index is 2.39. The lowest BCUT2D eigenvalue weighted by atomic mass is 10.1. The van der Waals surface area contributed by atoms with Gasteiger partial charge in [0.15, 0.2) is 0 Å². The molecule has 2 aromatic carbocycles. The van der Waals surface area contributed by atoms with E-state index in [4.69, 9.17) is 4.74 Å². The Morgan fingerprint density at radius 3 is 2.30 bits per heavy atom. The minimum absolute atomic E-state index is 0.0966. The van der Waals surface area contributed by atoms with Crippen molar-refractivity contribution in [2.75, 3.05) is 12.4 Å². The van der Waals surface area contributed by atoms with Crippen LogP contribution in [-0.2, 0) is 26.0 Å². The number of nitrogens with one attached hydrogen (secondary N) is 3. The fraction of sp³-hybridized carbons (Fsp3) is 0.333. The van der Waals surface area contributed by atoms with Crippen LogP contribution in [0.4, 0.5) is 5.69 Å². The van der Waals surface area contributed by atoms with Crippen molar-refractivity contribution >= 4 is 27.5 Å². The molecule has 162 valence electrons. The molecule has 3 N–H and O–H groups in total. The minimum atomic E-state index is -4.15. The fourth-order valence-electron chi connectivity index (χ4n) is 2.84. The van der Waals surface area contributed by atoms with Crippen molar-refractivity contribution in [1.82, 2.24) is 10.0 Å². The van der Waals surface area contributed by atoms with Gasteiger partial charge < -0.3 is 15.4 Å². The second kappa shape index (κ2) is 10.2. The van der Waals surface area contributed by atoms with E-state index in [0.29, 0.717) is 5.69 Å². The summed E-state index contributed by atoms with van der Waals surface area (Å²) in [7, 11) is -2.80. The predicted octanol–water partition coefficient (Wildman–Crippen LogP) is 2.07. The van der Waals surface area contributed by atoms with Crippen LogP contribution in [0.2, 0.25) is 0 Å². The molecular weight excluding hydrogens is 406 g/mol. The lowest BCUT2D eigenvalue weighted by Gasteiger charge is -2.21. The lowest BCUT2D eigenvalue weighted by Crippen LogP contribution is -2.49. The summed E-state index contributed by atoms with van der Waals surface area (Å²) in [4.78, 5) is 23.9. The van der Waals surface area contributed by atoms with Gasteiger partial charge in [-0.05, 0) is 44.0 Å². The summed E-state index contributed by atoms with van der Waals surface area (Å²) >= 11 is 0. The van der Waals surface area contributed by atoms with Crippen LogP contribution in [-0.4, -0.2) is 39.4 Å². The molecule has 1 atom stereocenters. The molecule has 0 saturated carbocycles. The highest BCUT2D eigenvalue weighted by Gasteiger charge is 2.29. The number of carbonyl (C=O) groups excluding carboxylic acids is 2. The van der Waals surface area contributed by atoms with Crippen molar-refractivity contribution in [3.05, 3.63) is 54.1 Å². The number of amides is 2. The number of methoxy groups -OCH3 is 1. The van der Waals surface area contributed by atoms with Crippen LogP contribution in [0.5, 0.6) is 5.75 Å². The van der Waals surface area contributed by atoms with Gasteiger partial charge in [-0.15, -0.1) is 0 Å². The summed E-state index contributed by atoms with van der Waals surface area (Å²) < 4.78 is 34.0. The number of anilines is 1. The number of hydrogen-bond acceptors (Lipinski definition) is 5. The van der Waals surface area contributed by atoms with Crippen LogP contribution in [0.3, 0.4) is 0 Å². The van der Waals surface area contributed by atoms with Crippen molar-refractivity contribution in [3.8, 4) is 5.75 Å². The molecule has 0 aliphatic carbocycles. The third-order valence-electron chi connectivity index (χ3n) is 4.10. The average molecular weight is 434 g/mol. The Morgan fingerprint density at radius 2 is 1.73 bits per heavy atom. The summed E-state index contributed by atoms with van der Waals surface area (Å²) in [6.07, 6.45) is 0.173. The molecule has 2 rings (SSSR count). The van der Waals surface area contributed by atoms with E-state index in [0.717, 1.165) is 5.56 Å². The van der Waals surface area contributed by atoms with Crippen LogP contribution in [0.1, 0.15) is 26.3 Å². The molecule has 0 heterocycles. The molecule has 0 aliphatic rings. The van der Waals surface area contributed by atoms with Crippen molar-refractivity contribution in [3.63, 3.8) is 0 Å². The van der Waals surface area contributed by atoms with E-state index < -0.39 is 22.0 Å². The number of ether oxygens (including phenoxy) is 1. The van der Waals surface area contributed by atoms with Gasteiger partial charge in [0.05, 0.1) is 7.11 Å². The van der Waals surface area contributed by atoms with E-state index in [9.17, 15) is 18.0 Å². The van der Waals surface area contributed by atoms with Crippen LogP contribution in [0, 0.1) is 0 Å². The van der Waals surface area contributed by atoms with E-state index in [1.165, 1.54) is 32.2 Å². The first-order valence-electron chi connectivity index (χ1n) is 9.44. The fourth-order valence-corrected chi connectivity index (χ4v) is 4.23. The molecule has 30 heavy (non-hydrogen) atoms. The highest BCUT2D eigenvalue weighted by Crippen LogP contribution is 2.27. The minimum Gasteiger partial charge on any atom is -0.495 e. The third-order valence-corrected chi connectivity index (χ3v) is 5.59. The first-order chi connectivity index (χ1) is 14.1. The molecule has 9 heteroatoms. The molecule has 2 amide bonds. The topological polar surface area (TPSA) is 114 Å². The van der Waals surface area contributed by atoms with Crippen LogP contribution < -0.4 is 20.1 Å². The number of benzene rings is 2. The highest BCUT2D eigenvalue weighted by atomic mass is 32.2. The van der Waals surface area contributed by atoms with E-state index in [1.54, 1.807) is 13.8 Å². The summed E-state index contributed by atoms with van der Waals surface area (Å²) in [5.41, 5.74) is 1.11. The predicted molar refractivity (Wildman–Crippen MR) is 115 cm³/mol. The van der Waals surface area contributed by atoms with Gasteiger partial charge in [0.25, 0.3) is 0 Å². The van der Waals surface area contributed by atoms with Gasteiger partial charge in [0, 0.05) is 18.7 Å². The standard InChI is InChI=1S/C21H27N3O5S/c1-14(2)22-21(26)18(12-16-8-6-5-7-9-16)24-30(27,28)20-13-17(23-15(3)25)10-11-19(20)29-4/h5-11,13-14,18,24H,12H2,1-4H3,(H,22,26)(H,23,25). The molecular formula is C21H27N3O5S. The zero-order valence-electron chi connectivity index (χ0n) is 17.4. The van der Waals surface area contributed by atoms with E-state index >= 15 is 0 Å². The van der Waals surface area contributed by atoms with Crippen molar-refractivity contribution in [2.24, 2.45) is 0 Å². The molecule has 0 spiro atoms. The number of rotatable bonds is 9. The maximum Gasteiger partial charge on any atom is 0.245 e.